The molecule has 3 aliphatic rings. The number of carbonyl (C=O) groups excluding carboxylic acids is 4. The Kier molecular flexibility index (Phi) is 7.37. The number of piperidine rings is 1. The number of rotatable bonds is 6. The lowest BCUT2D eigenvalue weighted by atomic mass is 9.75. The fraction of sp³-hybridized carbons (Fsp3) is 0.792. The van der Waals surface area contributed by atoms with Crippen LogP contribution >= 0.6 is 0 Å². The van der Waals surface area contributed by atoms with E-state index in [-0.39, 0.29) is 29.7 Å². The van der Waals surface area contributed by atoms with Crippen molar-refractivity contribution in [2.24, 2.45) is 22.7 Å². The minimum absolute atomic E-state index is 0.123. The standard InChI is InChI=1S/C24H34F3N5O4/c1-22(2,3)17(31-21(36)24(25,26)27)20(35)32-14-9-15(23(4,5)10-14)16(32)19(34)30-13(11-28)8-12-6-7-29-18(12)33/h12-17H,6-10H2,1-5H3,(H,29,33)(H,30,34)(H,31,36)/t12-,13-,14-,15-,16-,17+/m0/s1. The summed E-state index contributed by atoms with van der Waals surface area (Å²) in [6.45, 7) is 9.05. The topological polar surface area (TPSA) is 131 Å². The van der Waals surface area contributed by atoms with Crippen molar-refractivity contribution in [2.75, 3.05) is 6.54 Å². The average Bonchev–Trinajstić information content (AvgIpc) is 3.40. The molecule has 2 bridgehead atoms. The summed E-state index contributed by atoms with van der Waals surface area (Å²) in [5.41, 5.74) is -1.38. The number of likely N-dealkylation sites (tertiary alicyclic amines) is 1. The molecular weight excluding hydrogens is 479 g/mol. The van der Waals surface area contributed by atoms with Crippen molar-refractivity contribution in [2.45, 2.75) is 90.6 Å². The first-order chi connectivity index (χ1) is 16.5. The maximum atomic E-state index is 13.7. The molecule has 4 amide bonds. The van der Waals surface area contributed by atoms with E-state index in [2.05, 4.69) is 10.6 Å². The monoisotopic (exact) mass is 513 g/mol. The van der Waals surface area contributed by atoms with Gasteiger partial charge in [-0.2, -0.15) is 18.4 Å². The van der Waals surface area contributed by atoms with Gasteiger partial charge in [0.15, 0.2) is 0 Å². The first-order valence-corrected chi connectivity index (χ1v) is 12.1. The third-order valence-corrected chi connectivity index (χ3v) is 7.69. The largest absolute Gasteiger partial charge is 0.471 e. The van der Waals surface area contributed by atoms with Gasteiger partial charge in [-0.25, -0.2) is 0 Å². The van der Waals surface area contributed by atoms with Gasteiger partial charge in [-0.15, -0.1) is 0 Å². The van der Waals surface area contributed by atoms with Crippen molar-refractivity contribution in [3.63, 3.8) is 0 Å². The second-order valence-electron chi connectivity index (χ2n) is 11.9. The van der Waals surface area contributed by atoms with Gasteiger partial charge in [0.25, 0.3) is 0 Å². The average molecular weight is 514 g/mol. The summed E-state index contributed by atoms with van der Waals surface area (Å²) in [6, 6.07) is -1.87. The van der Waals surface area contributed by atoms with Gasteiger partial charge in [-0.05, 0) is 42.4 Å². The van der Waals surface area contributed by atoms with Crippen LogP contribution in [0.1, 0.15) is 60.3 Å². The molecule has 3 N–H and O–H groups in total. The molecule has 0 spiro atoms. The van der Waals surface area contributed by atoms with E-state index in [0.29, 0.717) is 25.8 Å². The molecule has 1 aliphatic carbocycles. The summed E-state index contributed by atoms with van der Waals surface area (Å²) in [5.74, 6) is -4.43. The van der Waals surface area contributed by atoms with Gasteiger partial charge in [0.05, 0.1) is 6.07 Å². The quantitative estimate of drug-likeness (QED) is 0.497. The van der Waals surface area contributed by atoms with Crippen LogP contribution in [0.5, 0.6) is 0 Å². The molecule has 36 heavy (non-hydrogen) atoms. The summed E-state index contributed by atoms with van der Waals surface area (Å²) in [7, 11) is 0. The molecule has 1 saturated carbocycles. The minimum Gasteiger partial charge on any atom is -0.356 e. The van der Waals surface area contributed by atoms with Crippen molar-refractivity contribution in [1.29, 1.82) is 5.26 Å². The summed E-state index contributed by atoms with van der Waals surface area (Å²) in [6.07, 6.45) is -3.45. The van der Waals surface area contributed by atoms with Crippen LogP contribution in [0.15, 0.2) is 0 Å². The van der Waals surface area contributed by atoms with Gasteiger partial charge in [0.2, 0.25) is 17.7 Å². The Morgan fingerprint density at radius 3 is 2.36 bits per heavy atom. The number of carbonyl (C=O) groups is 4. The molecule has 3 rings (SSSR count). The minimum atomic E-state index is -5.17. The number of alkyl halides is 3. The molecule has 9 nitrogen and oxygen atoms in total. The molecule has 0 aromatic carbocycles. The lowest BCUT2D eigenvalue weighted by Gasteiger charge is -2.45. The molecule has 0 aromatic heterocycles. The number of halogens is 3. The van der Waals surface area contributed by atoms with E-state index in [1.165, 1.54) is 25.7 Å². The summed E-state index contributed by atoms with van der Waals surface area (Å²) >= 11 is 0. The lowest BCUT2D eigenvalue weighted by molar-refractivity contribution is -0.176. The van der Waals surface area contributed by atoms with E-state index >= 15 is 0 Å². The molecule has 0 aromatic rings. The lowest BCUT2D eigenvalue weighted by Crippen LogP contribution is -2.64. The fourth-order valence-electron chi connectivity index (χ4n) is 5.84. The Labute approximate surface area is 208 Å². The Morgan fingerprint density at radius 1 is 1.22 bits per heavy atom. The van der Waals surface area contributed by atoms with E-state index in [0.717, 1.165) is 0 Å². The van der Waals surface area contributed by atoms with Crippen LogP contribution < -0.4 is 16.0 Å². The number of hydrogen-bond donors (Lipinski definition) is 3. The van der Waals surface area contributed by atoms with E-state index in [4.69, 9.17) is 0 Å². The number of hydrogen-bond acceptors (Lipinski definition) is 5. The van der Waals surface area contributed by atoms with Crippen LogP contribution in [0.4, 0.5) is 13.2 Å². The van der Waals surface area contributed by atoms with Gasteiger partial charge < -0.3 is 20.9 Å². The summed E-state index contributed by atoms with van der Waals surface area (Å²) in [5, 5.41) is 16.8. The Morgan fingerprint density at radius 2 is 1.86 bits per heavy atom. The highest BCUT2D eigenvalue weighted by Gasteiger charge is 2.60. The molecule has 2 heterocycles. The molecule has 2 aliphatic heterocycles. The molecule has 0 radical (unpaired) electrons. The maximum absolute atomic E-state index is 13.7. The van der Waals surface area contributed by atoms with Gasteiger partial charge >= 0.3 is 12.1 Å². The Balaban J connectivity index is 1.86. The molecule has 2 saturated heterocycles. The van der Waals surface area contributed by atoms with Crippen molar-refractivity contribution in [3.8, 4) is 6.07 Å². The molecule has 0 unspecified atom stereocenters. The molecule has 6 atom stereocenters. The maximum Gasteiger partial charge on any atom is 0.471 e. The summed E-state index contributed by atoms with van der Waals surface area (Å²) < 4.78 is 39.0. The fourth-order valence-corrected chi connectivity index (χ4v) is 5.84. The van der Waals surface area contributed by atoms with Crippen LogP contribution in [-0.2, 0) is 19.2 Å². The zero-order valence-corrected chi connectivity index (χ0v) is 21.2. The summed E-state index contributed by atoms with van der Waals surface area (Å²) in [4.78, 5) is 52.2. The molecular formula is C24H34F3N5O4. The van der Waals surface area contributed by atoms with Crippen LogP contribution in [0.2, 0.25) is 0 Å². The SMILES string of the molecule is CC(C)(C)[C@H](NC(=O)C(F)(F)F)C(=O)N1[C@H]2C[C@@H]([C@H]1C(=O)N[C@H](C#N)C[C@@H]1CCNC1=O)C(C)(C)C2. The van der Waals surface area contributed by atoms with E-state index in [9.17, 15) is 37.6 Å². The van der Waals surface area contributed by atoms with Crippen molar-refractivity contribution >= 4 is 23.6 Å². The Bertz CT molecular complexity index is 968. The van der Waals surface area contributed by atoms with E-state index in [1.54, 1.807) is 0 Å². The highest BCUT2D eigenvalue weighted by molar-refractivity contribution is 5.95. The molecule has 200 valence electrons. The van der Waals surface area contributed by atoms with Gasteiger partial charge in [0.1, 0.15) is 18.1 Å². The highest BCUT2D eigenvalue weighted by Crippen LogP contribution is 2.54. The van der Waals surface area contributed by atoms with E-state index < -0.39 is 53.4 Å². The molecule has 12 heteroatoms. The Hall–Kier alpha value is -2.84. The second-order valence-corrected chi connectivity index (χ2v) is 11.9. The van der Waals surface area contributed by atoms with Crippen molar-refractivity contribution in [1.82, 2.24) is 20.9 Å². The zero-order valence-electron chi connectivity index (χ0n) is 21.2. The van der Waals surface area contributed by atoms with Gasteiger partial charge in [0, 0.05) is 18.5 Å². The number of fused-ring (bicyclic) bond motifs is 2. The van der Waals surface area contributed by atoms with Gasteiger partial charge in [-0.1, -0.05) is 34.6 Å². The third kappa shape index (κ3) is 5.44. The smallest absolute Gasteiger partial charge is 0.356 e. The van der Waals surface area contributed by atoms with Crippen LogP contribution in [0.25, 0.3) is 0 Å². The number of nitriles is 1. The van der Waals surface area contributed by atoms with Crippen LogP contribution in [0.3, 0.4) is 0 Å². The van der Waals surface area contributed by atoms with Gasteiger partial charge in [-0.3, -0.25) is 19.2 Å². The van der Waals surface area contributed by atoms with Crippen LogP contribution in [-0.4, -0.2) is 65.4 Å². The van der Waals surface area contributed by atoms with Crippen LogP contribution in [0, 0.1) is 34.0 Å². The van der Waals surface area contributed by atoms with E-state index in [1.807, 2.05) is 25.2 Å². The van der Waals surface area contributed by atoms with Crippen molar-refractivity contribution in [3.05, 3.63) is 0 Å². The number of nitrogens with zero attached hydrogens (tertiary/aromatic N) is 2. The highest BCUT2D eigenvalue weighted by atomic mass is 19.4. The molecule has 3 fully saturated rings. The zero-order chi connectivity index (χ0) is 27.2. The van der Waals surface area contributed by atoms with Crippen molar-refractivity contribution < 1.29 is 32.3 Å². The predicted octanol–water partition coefficient (Wildman–Crippen LogP) is 1.63. The third-order valence-electron chi connectivity index (χ3n) is 7.69. The second kappa shape index (κ2) is 9.56. The number of nitrogens with one attached hydrogen (secondary N) is 3. The number of amides is 4. The predicted molar refractivity (Wildman–Crippen MR) is 122 cm³/mol. The normalized spacial score (nSPS) is 28.8. The first kappa shape index (κ1) is 27.7. The first-order valence-electron chi connectivity index (χ1n) is 12.1.